The monoisotopic (exact) mass is 197 g/mol. The maximum absolute atomic E-state index is 10.8. The summed E-state index contributed by atoms with van der Waals surface area (Å²) in [6.45, 7) is 0.803. The molecular formula is C9H15N3O2. The molecule has 0 radical (unpaired) electrons. The van der Waals surface area contributed by atoms with Crippen LogP contribution in [0, 0.1) is 0 Å². The van der Waals surface area contributed by atoms with Gasteiger partial charge in [0.05, 0.1) is 5.69 Å². The second-order valence-electron chi connectivity index (χ2n) is 3.52. The van der Waals surface area contributed by atoms with Gasteiger partial charge in [-0.15, -0.1) is 0 Å². The molecule has 0 aliphatic carbocycles. The van der Waals surface area contributed by atoms with Crippen LogP contribution >= 0.6 is 0 Å². The van der Waals surface area contributed by atoms with E-state index >= 15 is 0 Å². The predicted molar refractivity (Wildman–Crippen MR) is 52.4 cm³/mol. The van der Waals surface area contributed by atoms with Gasteiger partial charge in [0.25, 0.3) is 0 Å². The Balaban J connectivity index is 2.79. The molecule has 0 bridgehead atoms. The van der Waals surface area contributed by atoms with E-state index < -0.39 is 5.97 Å². The second kappa shape index (κ2) is 4.23. The lowest BCUT2D eigenvalue weighted by molar-refractivity contribution is 0.0695. The summed E-state index contributed by atoms with van der Waals surface area (Å²) in [7, 11) is 5.62. The Bertz CT molecular complexity index is 331. The number of nitrogens with zero attached hydrogens (tertiary/aromatic N) is 3. The number of rotatable bonds is 4. The summed E-state index contributed by atoms with van der Waals surface area (Å²) in [5, 5.41) is 13.0. The molecule has 0 unspecified atom stereocenters. The van der Waals surface area contributed by atoms with Crippen molar-refractivity contribution in [1.29, 1.82) is 0 Å². The van der Waals surface area contributed by atoms with Crippen LogP contribution in [-0.4, -0.2) is 46.4 Å². The molecule has 0 fully saturated rings. The highest BCUT2D eigenvalue weighted by atomic mass is 16.4. The lowest BCUT2D eigenvalue weighted by atomic mass is 10.2. The fourth-order valence-electron chi connectivity index (χ4n) is 1.23. The van der Waals surface area contributed by atoms with Crippen LogP contribution < -0.4 is 0 Å². The molecule has 0 saturated carbocycles. The van der Waals surface area contributed by atoms with Gasteiger partial charge in [0, 0.05) is 26.2 Å². The van der Waals surface area contributed by atoms with Gasteiger partial charge in [-0.1, -0.05) is 0 Å². The van der Waals surface area contributed by atoms with Crippen LogP contribution in [-0.2, 0) is 13.5 Å². The van der Waals surface area contributed by atoms with E-state index in [9.17, 15) is 4.79 Å². The van der Waals surface area contributed by atoms with Crippen LogP contribution in [0.4, 0.5) is 0 Å². The van der Waals surface area contributed by atoms with Gasteiger partial charge in [-0.05, 0) is 14.1 Å². The highest BCUT2D eigenvalue weighted by molar-refractivity contribution is 5.88. The number of aromatic carboxylic acids is 1. The number of carboxylic acid groups (broad SMARTS) is 1. The Morgan fingerprint density at radius 2 is 2.29 bits per heavy atom. The molecule has 1 rings (SSSR count). The smallest absolute Gasteiger partial charge is 0.339 e. The average Bonchev–Trinajstić information content (AvgIpc) is 2.43. The Hall–Kier alpha value is -1.36. The molecule has 1 aromatic rings. The van der Waals surface area contributed by atoms with Gasteiger partial charge < -0.3 is 10.0 Å². The van der Waals surface area contributed by atoms with Gasteiger partial charge in [0.1, 0.15) is 5.56 Å². The number of hydrogen-bond donors (Lipinski definition) is 1. The zero-order valence-corrected chi connectivity index (χ0v) is 8.69. The number of aromatic nitrogens is 2. The first-order valence-corrected chi connectivity index (χ1v) is 4.41. The third-order valence-electron chi connectivity index (χ3n) is 1.93. The highest BCUT2D eigenvalue weighted by Gasteiger charge is 2.13. The van der Waals surface area contributed by atoms with Crippen molar-refractivity contribution in [3.05, 3.63) is 17.5 Å². The molecule has 0 saturated heterocycles. The molecule has 14 heavy (non-hydrogen) atoms. The molecule has 1 heterocycles. The quantitative estimate of drug-likeness (QED) is 0.750. The van der Waals surface area contributed by atoms with Crippen LogP contribution in [0.25, 0.3) is 0 Å². The van der Waals surface area contributed by atoms with E-state index in [1.165, 1.54) is 10.9 Å². The normalized spacial score (nSPS) is 10.9. The number of aryl methyl sites for hydroxylation is 1. The van der Waals surface area contributed by atoms with E-state index in [0.29, 0.717) is 17.7 Å². The molecule has 0 atom stereocenters. The fraction of sp³-hybridized carbons (Fsp3) is 0.556. The van der Waals surface area contributed by atoms with Gasteiger partial charge in [-0.3, -0.25) is 4.68 Å². The first-order valence-electron chi connectivity index (χ1n) is 4.41. The highest BCUT2D eigenvalue weighted by Crippen LogP contribution is 2.07. The van der Waals surface area contributed by atoms with E-state index in [1.54, 1.807) is 7.05 Å². The van der Waals surface area contributed by atoms with E-state index in [0.717, 1.165) is 6.54 Å². The van der Waals surface area contributed by atoms with Crippen molar-refractivity contribution < 1.29 is 9.90 Å². The predicted octanol–water partition coefficient (Wildman–Crippen LogP) is 0.222. The number of carboxylic acids is 1. The van der Waals surface area contributed by atoms with Crippen molar-refractivity contribution in [2.75, 3.05) is 20.6 Å². The third kappa shape index (κ3) is 2.56. The molecule has 78 valence electrons. The van der Waals surface area contributed by atoms with Crippen molar-refractivity contribution >= 4 is 5.97 Å². The number of carbonyl (C=O) groups is 1. The zero-order valence-electron chi connectivity index (χ0n) is 8.69. The van der Waals surface area contributed by atoms with Crippen molar-refractivity contribution in [3.8, 4) is 0 Å². The maximum atomic E-state index is 10.8. The topological polar surface area (TPSA) is 58.4 Å². The first-order chi connectivity index (χ1) is 6.50. The van der Waals surface area contributed by atoms with Crippen LogP contribution in [0.2, 0.25) is 0 Å². The number of hydrogen-bond acceptors (Lipinski definition) is 3. The zero-order chi connectivity index (χ0) is 10.7. The average molecular weight is 197 g/mol. The summed E-state index contributed by atoms with van der Waals surface area (Å²) in [5.41, 5.74) is 0.947. The minimum Gasteiger partial charge on any atom is -0.478 e. The molecule has 5 heteroatoms. The first kappa shape index (κ1) is 10.7. The Morgan fingerprint density at radius 3 is 2.79 bits per heavy atom. The molecule has 1 aromatic heterocycles. The van der Waals surface area contributed by atoms with Gasteiger partial charge in [-0.2, -0.15) is 5.10 Å². The lowest BCUT2D eigenvalue weighted by Crippen LogP contribution is -2.16. The van der Waals surface area contributed by atoms with E-state index in [4.69, 9.17) is 5.11 Å². The standard InChI is InChI=1S/C9H15N3O2/c1-11(2)5-4-8-7(9(13)14)6-12(3)10-8/h6H,4-5H2,1-3H3,(H,13,14). The van der Waals surface area contributed by atoms with Gasteiger partial charge in [0.2, 0.25) is 0 Å². The van der Waals surface area contributed by atoms with Crippen molar-refractivity contribution in [3.63, 3.8) is 0 Å². The maximum Gasteiger partial charge on any atom is 0.339 e. The van der Waals surface area contributed by atoms with E-state index in [-0.39, 0.29) is 0 Å². The Kier molecular flexibility index (Phi) is 3.24. The SMILES string of the molecule is CN(C)CCc1nn(C)cc1C(=O)O. The van der Waals surface area contributed by atoms with Crippen molar-refractivity contribution in [2.45, 2.75) is 6.42 Å². The summed E-state index contributed by atoms with van der Waals surface area (Å²) in [4.78, 5) is 12.8. The molecule has 0 aromatic carbocycles. The molecule has 0 aliphatic rings. The second-order valence-corrected chi connectivity index (χ2v) is 3.52. The van der Waals surface area contributed by atoms with Crippen LogP contribution in [0.15, 0.2) is 6.20 Å². The lowest BCUT2D eigenvalue weighted by Gasteiger charge is -2.07. The third-order valence-corrected chi connectivity index (χ3v) is 1.93. The minimum atomic E-state index is -0.910. The van der Waals surface area contributed by atoms with Crippen LogP contribution in [0.5, 0.6) is 0 Å². The molecule has 0 amide bonds. The van der Waals surface area contributed by atoms with E-state index in [1.807, 2.05) is 19.0 Å². The summed E-state index contributed by atoms with van der Waals surface area (Å²) >= 11 is 0. The summed E-state index contributed by atoms with van der Waals surface area (Å²) < 4.78 is 1.54. The molecular weight excluding hydrogens is 182 g/mol. The molecule has 0 aliphatic heterocycles. The van der Waals surface area contributed by atoms with Crippen molar-refractivity contribution in [1.82, 2.24) is 14.7 Å². The minimum absolute atomic E-state index is 0.300. The van der Waals surface area contributed by atoms with Crippen molar-refractivity contribution in [2.24, 2.45) is 7.05 Å². The fourth-order valence-corrected chi connectivity index (χ4v) is 1.23. The largest absolute Gasteiger partial charge is 0.478 e. The van der Waals surface area contributed by atoms with Gasteiger partial charge >= 0.3 is 5.97 Å². The van der Waals surface area contributed by atoms with Gasteiger partial charge in [0.15, 0.2) is 0 Å². The molecule has 1 N–H and O–H groups in total. The Labute approximate surface area is 82.9 Å². The van der Waals surface area contributed by atoms with Crippen LogP contribution in [0.3, 0.4) is 0 Å². The summed E-state index contributed by atoms with van der Waals surface area (Å²) in [6, 6.07) is 0. The number of likely N-dealkylation sites (N-methyl/N-ethyl adjacent to an activating group) is 1. The molecule has 0 spiro atoms. The summed E-state index contributed by atoms with van der Waals surface area (Å²) in [5.74, 6) is -0.910. The summed E-state index contributed by atoms with van der Waals surface area (Å²) in [6.07, 6.45) is 2.20. The van der Waals surface area contributed by atoms with Crippen LogP contribution in [0.1, 0.15) is 16.1 Å². The van der Waals surface area contributed by atoms with E-state index in [2.05, 4.69) is 5.10 Å². The van der Waals surface area contributed by atoms with Gasteiger partial charge in [-0.25, -0.2) is 4.79 Å². The Morgan fingerprint density at radius 1 is 1.64 bits per heavy atom. The molecule has 5 nitrogen and oxygen atoms in total.